The molecule has 0 atom stereocenters. The molecule has 0 amide bonds. The van der Waals surface area contributed by atoms with Crippen molar-refractivity contribution in [3.63, 3.8) is 0 Å². The third-order valence-electron chi connectivity index (χ3n) is 6.16. The van der Waals surface area contributed by atoms with Gasteiger partial charge >= 0.3 is 0 Å². The van der Waals surface area contributed by atoms with Crippen LogP contribution in [0.4, 0.5) is 0 Å². The van der Waals surface area contributed by atoms with Gasteiger partial charge in [-0.25, -0.2) is 0 Å². The molecule has 1 aromatic carbocycles. The molecule has 1 rings (SSSR count). The number of ether oxygens (including phenoxy) is 1. The van der Waals surface area contributed by atoms with E-state index in [0.29, 0.717) is 0 Å². The van der Waals surface area contributed by atoms with E-state index in [2.05, 4.69) is 45.0 Å². The second-order valence-electron chi connectivity index (χ2n) is 8.75. The van der Waals surface area contributed by atoms with Gasteiger partial charge in [-0.3, -0.25) is 0 Å². The first-order valence-corrected chi connectivity index (χ1v) is 15.0. The zero-order valence-corrected chi connectivity index (χ0v) is 20.9. The predicted molar refractivity (Wildman–Crippen MR) is 130 cm³/mol. The molecule has 0 bridgehead atoms. The molecule has 0 heterocycles. The lowest BCUT2D eigenvalue weighted by molar-refractivity contribution is 0.280. The summed E-state index contributed by atoms with van der Waals surface area (Å²) in [7, 11) is 0.0471. The Hall–Kier alpha value is -0.803. The van der Waals surface area contributed by atoms with Gasteiger partial charge in [0.15, 0.2) is 8.32 Å². The van der Waals surface area contributed by atoms with Gasteiger partial charge in [-0.2, -0.15) is 0 Å². The molecule has 0 N–H and O–H groups in total. The Morgan fingerprint density at radius 3 is 1.45 bits per heavy atom. The van der Waals surface area contributed by atoms with Crippen molar-refractivity contribution in [1.29, 1.82) is 0 Å². The third-order valence-corrected chi connectivity index (χ3v) is 10.7. The molecule has 0 saturated carbocycles. The van der Waals surface area contributed by atoms with E-state index in [4.69, 9.17) is 9.16 Å². The maximum absolute atomic E-state index is 6.93. The van der Waals surface area contributed by atoms with Crippen LogP contribution in [-0.2, 0) is 11.0 Å². The molecule has 3 heteroatoms. The van der Waals surface area contributed by atoms with Gasteiger partial charge in [-0.1, -0.05) is 110 Å². The summed E-state index contributed by atoms with van der Waals surface area (Å²) in [6, 6.07) is 12.5. The second kappa shape index (κ2) is 16.9. The first-order valence-electron chi connectivity index (χ1n) is 12.5. The molecule has 0 aliphatic heterocycles. The highest BCUT2D eigenvalue weighted by atomic mass is 28.4. The Labute approximate surface area is 182 Å². The Morgan fingerprint density at radius 2 is 1.07 bits per heavy atom. The first kappa shape index (κ1) is 26.2. The summed E-state index contributed by atoms with van der Waals surface area (Å²) in [5, 5.41) is 0. The minimum Gasteiger partial charge on any atom is -0.497 e. The van der Waals surface area contributed by atoms with Crippen LogP contribution in [0.15, 0.2) is 24.3 Å². The summed E-state index contributed by atoms with van der Waals surface area (Å²) in [5.41, 5.74) is 1.29. The van der Waals surface area contributed by atoms with Crippen molar-refractivity contribution in [1.82, 2.24) is 0 Å². The fraction of sp³-hybridized carbons (Fsp3) is 0.769. The smallest absolute Gasteiger partial charge is 0.193 e. The van der Waals surface area contributed by atoms with Crippen LogP contribution < -0.4 is 4.74 Å². The van der Waals surface area contributed by atoms with Crippen molar-refractivity contribution >= 4 is 8.32 Å². The normalized spacial score (nSPS) is 11.7. The van der Waals surface area contributed by atoms with E-state index in [1.165, 1.54) is 101 Å². The number of benzene rings is 1. The Bertz CT molecular complexity index is 455. The van der Waals surface area contributed by atoms with Gasteiger partial charge in [-0.15, -0.1) is 0 Å². The minimum atomic E-state index is -1.68. The molecule has 168 valence electrons. The van der Waals surface area contributed by atoms with Crippen LogP contribution in [-0.4, -0.2) is 15.4 Å². The summed E-state index contributed by atoms with van der Waals surface area (Å²) >= 11 is 0. The summed E-state index contributed by atoms with van der Waals surface area (Å²) < 4.78 is 12.2. The lowest BCUT2D eigenvalue weighted by atomic mass is 10.2. The zero-order chi connectivity index (χ0) is 21.2. The van der Waals surface area contributed by atoms with Crippen LogP contribution in [0.25, 0.3) is 0 Å². The van der Waals surface area contributed by atoms with Gasteiger partial charge in [0.25, 0.3) is 0 Å². The van der Waals surface area contributed by atoms with Gasteiger partial charge < -0.3 is 9.16 Å². The Balaban J connectivity index is 2.77. The molecule has 2 nitrogen and oxygen atoms in total. The van der Waals surface area contributed by atoms with Crippen LogP contribution in [0.1, 0.15) is 103 Å². The first-order chi connectivity index (χ1) is 14.2. The predicted octanol–water partition coefficient (Wildman–Crippen LogP) is 8.90. The van der Waals surface area contributed by atoms with Crippen molar-refractivity contribution in [3.8, 4) is 5.75 Å². The lowest BCUT2D eigenvalue weighted by Crippen LogP contribution is -2.38. The van der Waals surface area contributed by atoms with Crippen molar-refractivity contribution in [2.24, 2.45) is 0 Å². The molecule has 29 heavy (non-hydrogen) atoms. The van der Waals surface area contributed by atoms with Crippen LogP contribution >= 0.6 is 0 Å². The molecule has 1 aromatic rings. The topological polar surface area (TPSA) is 18.5 Å². The highest BCUT2D eigenvalue weighted by Gasteiger charge is 2.33. The molecule has 0 fully saturated rings. The van der Waals surface area contributed by atoms with Crippen LogP contribution in [0.5, 0.6) is 5.75 Å². The monoisotopic (exact) mass is 420 g/mol. The molecule has 0 unspecified atom stereocenters. The number of hydrogen-bond donors (Lipinski definition) is 0. The average Bonchev–Trinajstić information content (AvgIpc) is 2.76. The highest BCUT2D eigenvalue weighted by molar-refractivity contribution is 6.73. The summed E-state index contributed by atoms with van der Waals surface area (Å²) in [4.78, 5) is 0. The van der Waals surface area contributed by atoms with Crippen molar-refractivity contribution in [2.75, 3.05) is 7.11 Å². The lowest BCUT2D eigenvalue weighted by Gasteiger charge is -2.32. The van der Waals surface area contributed by atoms with Gasteiger partial charge in [0.1, 0.15) is 5.75 Å². The van der Waals surface area contributed by atoms with E-state index in [0.717, 1.165) is 12.4 Å². The average molecular weight is 421 g/mol. The number of unbranched alkanes of at least 4 members (excludes halogenated alkanes) is 9. The number of rotatable bonds is 19. The number of methoxy groups -OCH3 is 1. The van der Waals surface area contributed by atoms with E-state index in [-0.39, 0.29) is 0 Å². The summed E-state index contributed by atoms with van der Waals surface area (Å²) in [5.74, 6) is 0.927. The zero-order valence-electron chi connectivity index (χ0n) is 19.9. The van der Waals surface area contributed by atoms with E-state index in [1.807, 2.05) is 0 Å². The number of hydrogen-bond acceptors (Lipinski definition) is 2. The van der Waals surface area contributed by atoms with Crippen molar-refractivity contribution < 1.29 is 9.16 Å². The van der Waals surface area contributed by atoms with E-state index in [9.17, 15) is 0 Å². The van der Waals surface area contributed by atoms with Gasteiger partial charge in [-0.05, 0) is 35.8 Å². The van der Waals surface area contributed by atoms with Gasteiger partial charge in [0.05, 0.1) is 13.7 Å². The van der Waals surface area contributed by atoms with Crippen molar-refractivity contribution in [3.05, 3.63) is 29.8 Å². The molecule has 0 radical (unpaired) electrons. The molecule has 0 aliphatic rings. The summed E-state index contributed by atoms with van der Waals surface area (Å²) in [6.07, 6.45) is 16.3. The maximum atomic E-state index is 6.93. The van der Waals surface area contributed by atoms with E-state index < -0.39 is 8.32 Å². The fourth-order valence-electron chi connectivity index (χ4n) is 4.17. The Morgan fingerprint density at radius 1 is 0.621 bits per heavy atom. The molecule has 0 aliphatic carbocycles. The highest BCUT2D eigenvalue weighted by Crippen LogP contribution is 2.32. The van der Waals surface area contributed by atoms with Crippen LogP contribution in [0, 0.1) is 0 Å². The Kier molecular flexibility index (Phi) is 15.3. The van der Waals surface area contributed by atoms with Crippen molar-refractivity contribution in [2.45, 2.75) is 123 Å². The molecule has 0 saturated heterocycles. The molecule has 0 spiro atoms. The van der Waals surface area contributed by atoms with Gasteiger partial charge in [0, 0.05) is 0 Å². The molecule has 0 aromatic heterocycles. The largest absolute Gasteiger partial charge is 0.497 e. The molecular formula is C26H48O2Si. The van der Waals surface area contributed by atoms with E-state index >= 15 is 0 Å². The maximum Gasteiger partial charge on any atom is 0.193 e. The van der Waals surface area contributed by atoms with Gasteiger partial charge in [0.2, 0.25) is 0 Å². The van der Waals surface area contributed by atoms with Crippen LogP contribution in [0.3, 0.4) is 0 Å². The minimum absolute atomic E-state index is 0.783. The second-order valence-corrected chi connectivity index (χ2v) is 12.9. The SMILES string of the molecule is CCCCCC[Si](CCCCCC)(CCCCCC)OCc1ccc(OC)cc1. The quantitative estimate of drug-likeness (QED) is 0.164. The molecular weight excluding hydrogens is 372 g/mol. The summed E-state index contributed by atoms with van der Waals surface area (Å²) in [6.45, 7) is 7.70. The van der Waals surface area contributed by atoms with Crippen LogP contribution in [0.2, 0.25) is 18.1 Å². The third kappa shape index (κ3) is 11.8. The standard InChI is InChI=1S/C26H48O2Si/c1-5-8-11-14-21-29(22-15-12-9-6-2,23-16-13-10-7-3)28-24-25-17-19-26(27-4)20-18-25/h17-20H,5-16,21-24H2,1-4H3. The van der Waals surface area contributed by atoms with E-state index in [1.54, 1.807) is 7.11 Å². The fourth-order valence-corrected chi connectivity index (χ4v) is 8.51.